The molecule has 0 spiro atoms. The van der Waals surface area contributed by atoms with Gasteiger partial charge in [0.15, 0.2) is 0 Å². The van der Waals surface area contributed by atoms with Crippen LogP contribution in [0.15, 0.2) is 27.6 Å². The monoisotopic (exact) mass is 365 g/mol. The molecule has 1 aromatic rings. The zero-order chi connectivity index (χ0) is 15.1. The van der Waals surface area contributed by atoms with Crippen LogP contribution in [0.4, 0.5) is 0 Å². The Morgan fingerprint density at radius 1 is 1.21 bits per heavy atom. The fourth-order valence-electron chi connectivity index (χ4n) is 1.21. The van der Waals surface area contributed by atoms with Gasteiger partial charge in [-0.3, -0.25) is 0 Å². The molecule has 0 aliphatic heterocycles. The predicted molar refractivity (Wildman–Crippen MR) is 83.3 cm³/mol. The summed E-state index contributed by atoms with van der Waals surface area (Å²) in [5, 5.41) is 5.19. The van der Waals surface area contributed by atoms with E-state index in [0.717, 1.165) is 0 Å². The van der Waals surface area contributed by atoms with Gasteiger partial charge in [-0.25, -0.2) is 13.6 Å². The molecule has 0 saturated heterocycles. The van der Waals surface area contributed by atoms with Crippen LogP contribution in [0.5, 0.6) is 5.75 Å². The lowest BCUT2D eigenvalue weighted by Crippen LogP contribution is -2.43. The van der Waals surface area contributed by atoms with Crippen molar-refractivity contribution < 1.29 is 12.8 Å². The van der Waals surface area contributed by atoms with Crippen molar-refractivity contribution in [1.82, 2.24) is 0 Å². The van der Waals surface area contributed by atoms with Crippen molar-refractivity contribution >= 4 is 34.3 Å². The standard InChI is InChI=1S/C12H20BrNO3SSi/c1-12(2,3)19(4,5)17-10-6-9(13)7-11(8-10)18(14,15)16/h6-8H,1-5H3,(H2,14,15,16). The zero-order valence-corrected chi connectivity index (χ0v) is 15.2. The van der Waals surface area contributed by atoms with E-state index >= 15 is 0 Å². The van der Waals surface area contributed by atoms with Gasteiger partial charge in [-0.15, -0.1) is 0 Å². The van der Waals surface area contributed by atoms with Gasteiger partial charge in [-0.05, 0) is 36.3 Å². The van der Waals surface area contributed by atoms with Gasteiger partial charge in [0.1, 0.15) is 5.75 Å². The molecule has 0 atom stereocenters. The molecule has 0 saturated carbocycles. The Balaban J connectivity index is 3.21. The summed E-state index contributed by atoms with van der Waals surface area (Å²) in [6.45, 7) is 10.6. The average molecular weight is 366 g/mol. The molecule has 108 valence electrons. The lowest BCUT2D eigenvalue weighted by molar-refractivity contribution is 0.490. The van der Waals surface area contributed by atoms with Gasteiger partial charge in [0.05, 0.1) is 4.90 Å². The molecular formula is C12H20BrNO3SSi. The van der Waals surface area contributed by atoms with Crippen molar-refractivity contribution in [2.75, 3.05) is 0 Å². The summed E-state index contributed by atoms with van der Waals surface area (Å²) < 4.78 is 29.5. The number of sulfonamides is 1. The maximum atomic E-state index is 11.4. The van der Waals surface area contributed by atoms with Crippen LogP contribution in [0, 0.1) is 0 Å². The van der Waals surface area contributed by atoms with E-state index in [1.807, 2.05) is 0 Å². The van der Waals surface area contributed by atoms with Crippen LogP contribution in [0.2, 0.25) is 18.1 Å². The maximum absolute atomic E-state index is 11.4. The number of benzene rings is 1. The summed E-state index contributed by atoms with van der Waals surface area (Å²) in [5.41, 5.74) is 0. The van der Waals surface area contributed by atoms with Crippen molar-refractivity contribution in [3.8, 4) is 5.75 Å². The summed E-state index contributed by atoms with van der Waals surface area (Å²) in [6, 6.07) is 4.70. The molecule has 0 radical (unpaired) electrons. The summed E-state index contributed by atoms with van der Waals surface area (Å²) >= 11 is 3.28. The first kappa shape index (κ1) is 16.7. The third-order valence-corrected chi connectivity index (χ3v) is 9.06. The van der Waals surface area contributed by atoms with E-state index in [2.05, 4.69) is 49.8 Å². The van der Waals surface area contributed by atoms with Crippen molar-refractivity contribution in [2.24, 2.45) is 5.14 Å². The second kappa shape index (κ2) is 5.20. The zero-order valence-electron chi connectivity index (χ0n) is 11.8. The quantitative estimate of drug-likeness (QED) is 0.833. The smallest absolute Gasteiger partial charge is 0.250 e. The summed E-state index contributed by atoms with van der Waals surface area (Å²) in [6.07, 6.45) is 0. The molecule has 0 unspecified atom stereocenters. The van der Waals surface area contributed by atoms with Crippen molar-refractivity contribution in [3.05, 3.63) is 22.7 Å². The van der Waals surface area contributed by atoms with E-state index in [0.29, 0.717) is 10.2 Å². The number of primary sulfonamides is 1. The Labute approximate surface area is 124 Å². The number of halogens is 1. The highest BCUT2D eigenvalue weighted by Gasteiger charge is 2.39. The van der Waals surface area contributed by atoms with Gasteiger partial charge in [0.25, 0.3) is 0 Å². The minimum absolute atomic E-state index is 0.0388. The van der Waals surface area contributed by atoms with E-state index < -0.39 is 18.3 Å². The van der Waals surface area contributed by atoms with E-state index in [9.17, 15) is 8.42 Å². The van der Waals surface area contributed by atoms with Crippen LogP contribution in [-0.2, 0) is 10.0 Å². The third-order valence-electron chi connectivity index (χ3n) is 3.35. The molecule has 1 rings (SSSR count). The van der Waals surface area contributed by atoms with Gasteiger partial charge >= 0.3 is 0 Å². The van der Waals surface area contributed by atoms with Crippen LogP contribution in [-0.4, -0.2) is 16.7 Å². The first-order valence-corrected chi connectivity index (χ1v) is 11.1. The topological polar surface area (TPSA) is 69.4 Å². The van der Waals surface area contributed by atoms with E-state index in [1.165, 1.54) is 12.1 Å². The van der Waals surface area contributed by atoms with Gasteiger partial charge in [-0.1, -0.05) is 36.7 Å². The Morgan fingerprint density at radius 3 is 2.16 bits per heavy atom. The fourth-order valence-corrected chi connectivity index (χ4v) is 3.42. The molecule has 0 bridgehead atoms. The second-order valence-corrected chi connectivity index (χ2v) is 13.2. The highest BCUT2D eigenvalue weighted by molar-refractivity contribution is 9.10. The molecule has 0 amide bonds. The molecule has 7 heteroatoms. The Bertz CT molecular complexity index is 579. The number of hydrogen-bond acceptors (Lipinski definition) is 3. The molecule has 0 heterocycles. The van der Waals surface area contributed by atoms with Crippen LogP contribution >= 0.6 is 15.9 Å². The Hall–Kier alpha value is -0.373. The average Bonchev–Trinajstić information content (AvgIpc) is 2.12. The van der Waals surface area contributed by atoms with Crippen molar-refractivity contribution in [2.45, 2.75) is 43.8 Å². The first-order chi connectivity index (χ1) is 8.33. The number of nitrogens with two attached hydrogens (primary N) is 1. The summed E-state index contributed by atoms with van der Waals surface area (Å²) in [4.78, 5) is 0.0515. The number of hydrogen-bond donors (Lipinski definition) is 1. The first-order valence-electron chi connectivity index (χ1n) is 5.85. The third kappa shape index (κ3) is 4.30. The van der Waals surface area contributed by atoms with Crippen molar-refractivity contribution in [3.63, 3.8) is 0 Å². The van der Waals surface area contributed by atoms with Crippen LogP contribution in [0.1, 0.15) is 20.8 Å². The predicted octanol–water partition coefficient (Wildman–Crippen LogP) is 3.48. The van der Waals surface area contributed by atoms with Gasteiger partial charge in [0.2, 0.25) is 18.3 Å². The normalized spacial score (nSPS) is 13.4. The molecule has 0 fully saturated rings. The highest BCUT2D eigenvalue weighted by Crippen LogP contribution is 2.38. The van der Waals surface area contributed by atoms with E-state index in [1.54, 1.807) is 6.07 Å². The lowest BCUT2D eigenvalue weighted by atomic mass is 10.2. The minimum Gasteiger partial charge on any atom is -0.543 e. The molecule has 1 aromatic carbocycles. The van der Waals surface area contributed by atoms with Gasteiger partial charge < -0.3 is 4.43 Å². The van der Waals surface area contributed by atoms with Crippen molar-refractivity contribution in [1.29, 1.82) is 0 Å². The minimum atomic E-state index is -3.73. The van der Waals surface area contributed by atoms with Crippen LogP contribution in [0.25, 0.3) is 0 Å². The second-order valence-electron chi connectivity index (χ2n) is 6.03. The van der Waals surface area contributed by atoms with Crippen LogP contribution in [0.3, 0.4) is 0 Å². The SMILES string of the molecule is CC(C)(C)[Si](C)(C)Oc1cc(Br)cc(S(N)(=O)=O)c1. The number of rotatable bonds is 3. The maximum Gasteiger partial charge on any atom is 0.250 e. The Kier molecular flexibility index (Phi) is 4.56. The molecule has 0 aliphatic carbocycles. The summed E-state index contributed by atoms with van der Waals surface area (Å²) in [7, 11) is -5.74. The molecule has 0 aromatic heterocycles. The van der Waals surface area contributed by atoms with E-state index in [-0.39, 0.29) is 9.93 Å². The van der Waals surface area contributed by atoms with Crippen LogP contribution < -0.4 is 9.56 Å². The molecule has 4 nitrogen and oxygen atoms in total. The van der Waals surface area contributed by atoms with Gasteiger partial charge in [-0.2, -0.15) is 0 Å². The largest absolute Gasteiger partial charge is 0.543 e. The lowest BCUT2D eigenvalue weighted by Gasteiger charge is -2.36. The molecule has 2 N–H and O–H groups in total. The van der Waals surface area contributed by atoms with Gasteiger partial charge in [0, 0.05) is 4.47 Å². The van der Waals surface area contributed by atoms with E-state index in [4.69, 9.17) is 9.56 Å². The fraction of sp³-hybridized carbons (Fsp3) is 0.500. The Morgan fingerprint density at radius 2 is 1.74 bits per heavy atom. The molecule has 0 aliphatic rings. The highest BCUT2D eigenvalue weighted by atomic mass is 79.9. The molecule has 19 heavy (non-hydrogen) atoms. The molecular weight excluding hydrogens is 346 g/mol. The summed E-state index contributed by atoms with van der Waals surface area (Å²) in [5.74, 6) is 0.532.